The lowest BCUT2D eigenvalue weighted by atomic mass is 10.1. The van der Waals surface area contributed by atoms with Crippen LogP contribution in [0.1, 0.15) is 11.1 Å². The van der Waals surface area contributed by atoms with Gasteiger partial charge < -0.3 is 10.4 Å². The highest BCUT2D eigenvalue weighted by atomic mass is 16.3. The monoisotopic (exact) mass is 280 g/mol. The maximum absolute atomic E-state index is 10.2. The van der Waals surface area contributed by atoms with E-state index in [2.05, 4.69) is 27.3 Å². The first-order valence-corrected chi connectivity index (χ1v) is 6.73. The molecule has 0 aliphatic carbocycles. The third-order valence-electron chi connectivity index (χ3n) is 3.38. The lowest BCUT2D eigenvalue weighted by Crippen LogP contribution is -2.01. The van der Waals surface area contributed by atoms with E-state index >= 15 is 0 Å². The molecule has 5 nitrogen and oxygen atoms in total. The SMILES string of the molecule is C=CCc1cccc(CNc2cccc3n[nH]nc23)c1O. The number of phenols is 1. The summed E-state index contributed by atoms with van der Waals surface area (Å²) in [5.74, 6) is 0.317. The van der Waals surface area contributed by atoms with Crippen LogP contribution in [0.25, 0.3) is 11.0 Å². The summed E-state index contributed by atoms with van der Waals surface area (Å²) in [7, 11) is 0. The number of nitrogens with one attached hydrogen (secondary N) is 2. The van der Waals surface area contributed by atoms with Gasteiger partial charge in [-0.25, -0.2) is 0 Å². The van der Waals surface area contributed by atoms with Crippen molar-refractivity contribution in [3.8, 4) is 5.75 Å². The number of rotatable bonds is 5. The summed E-state index contributed by atoms with van der Waals surface area (Å²) in [5, 5.41) is 24.3. The topological polar surface area (TPSA) is 73.8 Å². The number of phenolic OH excluding ortho intramolecular Hbond substituents is 1. The summed E-state index contributed by atoms with van der Waals surface area (Å²) in [5.41, 5.74) is 4.21. The number of hydrogen-bond donors (Lipinski definition) is 3. The Hall–Kier alpha value is -2.82. The summed E-state index contributed by atoms with van der Waals surface area (Å²) in [6.07, 6.45) is 2.43. The Balaban J connectivity index is 1.83. The van der Waals surface area contributed by atoms with Gasteiger partial charge in [0.25, 0.3) is 0 Å². The van der Waals surface area contributed by atoms with Gasteiger partial charge in [0.1, 0.15) is 16.8 Å². The molecule has 0 saturated heterocycles. The molecule has 1 aromatic heterocycles. The maximum Gasteiger partial charge on any atom is 0.136 e. The zero-order valence-electron chi connectivity index (χ0n) is 11.5. The van der Waals surface area contributed by atoms with Crippen LogP contribution in [0.5, 0.6) is 5.75 Å². The quantitative estimate of drug-likeness (QED) is 0.628. The van der Waals surface area contributed by atoms with Gasteiger partial charge in [0, 0.05) is 12.1 Å². The number of aromatic nitrogens is 3. The van der Waals surface area contributed by atoms with Crippen molar-refractivity contribution < 1.29 is 5.11 Å². The molecule has 0 atom stereocenters. The molecular weight excluding hydrogens is 264 g/mol. The largest absolute Gasteiger partial charge is 0.507 e. The molecule has 3 rings (SSSR count). The molecule has 0 bridgehead atoms. The fourth-order valence-electron chi connectivity index (χ4n) is 2.31. The van der Waals surface area contributed by atoms with E-state index in [9.17, 15) is 5.11 Å². The van der Waals surface area contributed by atoms with Crippen LogP contribution in [-0.4, -0.2) is 20.5 Å². The minimum Gasteiger partial charge on any atom is -0.507 e. The predicted octanol–water partition coefficient (Wildman–Crippen LogP) is 3.00. The van der Waals surface area contributed by atoms with Gasteiger partial charge in [-0.3, -0.25) is 0 Å². The molecular formula is C16H16N4O. The zero-order valence-corrected chi connectivity index (χ0v) is 11.5. The summed E-state index contributed by atoms with van der Waals surface area (Å²) >= 11 is 0. The van der Waals surface area contributed by atoms with E-state index in [0.717, 1.165) is 27.8 Å². The van der Waals surface area contributed by atoms with Crippen molar-refractivity contribution >= 4 is 16.7 Å². The number of anilines is 1. The number of aromatic hydroxyl groups is 1. The van der Waals surface area contributed by atoms with E-state index in [-0.39, 0.29) is 0 Å². The van der Waals surface area contributed by atoms with E-state index in [1.807, 2.05) is 36.4 Å². The summed E-state index contributed by atoms with van der Waals surface area (Å²) < 4.78 is 0. The highest BCUT2D eigenvalue weighted by Gasteiger charge is 2.08. The summed E-state index contributed by atoms with van der Waals surface area (Å²) in [6, 6.07) is 11.5. The van der Waals surface area contributed by atoms with Crippen LogP contribution in [0.2, 0.25) is 0 Å². The van der Waals surface area contributed by atoms with Crippen LogP contribution in [0.15, 0.2) is 49.1 Å². The standard InChI is InChI=1S/C16H16N4O/c1-2-5-11-6-3-7-12(16(11)21)10-17-13-8-4-9-14-15(13)19-20-18-14/h2-4,6-9,17,21H,1,5,10H2,(H,18,19,20). The Morgan fingerprint density at radius 3 is 2.81 bits per heavy atom. The van der Waals surface area contributed by atoms with Gasteiger partial charge in [0.15, 0.2) is 0 Å². The van der Waals surface area contributed by atoms with E-state index in [0.29, 0.717) is 18.7 Å². The van der Waals surface area contributed by atoms with Crippen LogP contribution >= 0.6 is 0 Å². The number of nitrogens with zero attached hydrogens (tertiary/aromatic N) is 2. The fraction of sp³-hybridized carbons (Fsp3) is 0.125. The molecule has 0 aliphatic rings. The lowest BCUT2D eigenvalue weighted by molar-refractivity contribution is 0.463. The molecule has 106 valence electrons. The minimum absolute atomic E-state index is 0.317. The van der Waals surface area contributed by atoms with Crippen LogP contribution in [0.3, 0.4) is 0 Å². The Kier molecular flexibility index (Phi) is 3.55. The van der Waals surface area contributed by atoms with Gasteiger partial charge in [-0.2, -0.15) is 15.4 Å². The summed E-state index contributed by atoms with van der Waals surface area (Å²) in [6.45, 7) is 4.22. The van der Waals surface area contributed by atoms with Crippen LogP contribution in [0, 0.1) is 0 Å². The van der Waals surface area contributed by atoms with Crippen LogP contribution in [-0.2, 0) is 13.0 Å². The van der Waals surface area contributed by atoms with Crippen molar-refractivity contribution in [1.82, 2.24) is 15.4 Å². The molecule has 1 heterocycles. The van der Waals surface area contributed by atoms with E-state index in [1.54, 1.807) is 6.08 Å². The Morgan fingerprint density at radius 2 is 1.95 bits per heavy atom. The second kappa shape index (κ2) is 5.66. The van der Waals surface area contributed by atoms with Crippen molar-refractivity contribution in [3.63, 3.8) is 0 Å². The molecule has 3 aromatic rings. The maximum atomic E-state index is 10.2. The third-order valence-corrected chi connectivity index (χ3v) is 3.38. The average molecular weight is 280 g/mol. The first-order chi connectivity index (χ1) is 10.3. The highest BCUT2D eigenvalue weighted by molar-refractivity contribution is 5.87. The second-order valence-corrected chi connectivity index (χ2v) is 4.77. The molecule has 0 unspecified atom stereocenters. The fourth-order valence-corrected chi connectivity index (χ4v) is 2.31. The number of hydrogen-bond acceptors (Lipinski definition) is 4. The van der Waals surface area contributed by atoms with Crippen molar-refractivity contribution in [2.45, 2.75) is 13.0 Å². The van der Waals surface area contributed by atoms with Gasteiger partial charge in [-0.15, -0.1) is 6.58 Å². The normalized spacial score (nSPS) is 10.7. The molecule has 0 spiro atoms. The van der Waals surface area contributed by atoms with E-state index < -0.39 is 0 Å². The molecule has 0 fully saturated rings. The first kappa shape index (κ1) is 13.2. The van der Waals surface area contributed by atoms with Gasteiger partial charge >= 0.3 is 0 Å². The molecule has 0 radical (unpaired) electrons. The van der Waals surface area contributed by atoms with Gasteiger partial charge in [-0.05, 0) is 24.1 Å². The van der Waals surface area contributed by atoms with Gasteiger partial charge in [0.05, 0.1) is 5.69 Å². The molecule has 0 saturated carbocycles. The van der Waals surface area contributed by atoms with Crippen molar-refractivity contribution in [2.24, 2.45) is 0 Å². The predicted molar refractivity (Wildman–Crippen MR) is 83.2 cm³/mol. The second-order valence-electron chi connectivity index (χ2n) is 4.77. The molecule has 0 aliphatic heterocycles. The van der Waals surface area contributed by atoms with Crippen molar-refractivity contribution in [3.05, 3.63) is 60.2 Å². The number of para-hydroxylation sites is 2. The van der Waals surface area contributed by atoms with Crippen LogP contribution in [0.4, 0.5) is 5.69 Å². The Labute approximate surface area is 122 Å². The van der Waals surface area contributed by atoms with Crippen molar-refractivity contribution in [1.29, 1.82) is 0 Å². The summed E-state index contributed by atoms with van der Waals surface area (Å²) in [4.78, 5) is 0. The Morgan fingerprint density at radius 1 is 1.14 bits per heavy atom. The third kappa shape index (κ3) is 2.58. The molecule has 2 aromatic carbocycles. The number of aromatic amines is 1. The number of allylic oxidation sites excluding steroid dienone is 1. The molecule has 3 N–H and O–H groups in total. The lowest BCUT2D eigenvalue weighted by Gasteiger charge is -2.11. The van der Waals surface area contributed by atoms with Gasteiger partial charge in [0.2, 0.25) is 0 Å². The molecule has 0 amide bonds. The highest BCUT2D eigenvalue weighted by Crippen LogP contribution is 2.25. The van der Waals surface area contributed by atoms with E-state index in [1.165, 1.54) is 0 Å². The number of fused-ring (bicyclic) bond motifs is 1. The zero-order chi connectivity index (χ0) is 14.7. The van der Waals surface area contributed by atoms with Crippen LogP contribution < -0.4 is 5.32 Å². The minimum atomic E-state index is 0.317. The number of H-pyrrole nitrogens is 1. The number of benzene rings is 2. The van der Waals surface area contributed by atoms with Gasteiger partial charge in [-0.1, -0.05) is 30.3 Å². The smallest absolute Gasteiger partial charge is 0.136 e. The van der Waals surface area contributed by atoms with E-state index in [4.69, 9.17) is 0 Å². The molecule has 21 heavy (non-hydrogen) atoms. The average Bonchev–Trinajstić information content (AvgIpc) is 2.97. The first-order valence-electron chi connectivity index (χ1n) is 6.73. The Bertz CT molecular complexity index is 779. The molecule has 5 heteroatoms. The van der Waals surface area contributed by atoms with Crippen molar-refractivity contribution in [2.75, 3.05) is 5.32 Å².